The van der Waals surface area contributed by atoms with Gasteiger partial charge in [0.15, 0.2) is 0 Å². The lowest BCUT2D eigenvalue weighted by Crippen LogP contribution is -2.62. The Hall–Kier alpha value is -1.19. The predicted octanol–water partition coefficient (Wildman–Crippen LogP) is 4.10. The highest BCUT2D eigenvalue weighted by Crippen LogP contribution is 2.69. The van der Waals surface area contributed by atoms with Crippen LogP contribution in [0.5, 0.6) is 0 Å². The van der Waals surface area contributed by atoms with Crippen LogP contribution < -0.4 is 0 Å². The Kier molecular flexibility index (Phi) is 3.95. The van der Waals surface area contributed by atoms with Crippen molar-refractivity contribution in [1.82, 2.24) is 0 Å². The Labute approximate surface area is 156 Å². The zero-order valence-corrected chi connectivity index (χ0v) is 16.6. The molecule has 144 valence electrons. The fourth-order valence-corrected chi connectivity index (χ4v) is 7.68. The lowest BCUT2D eigenvalue weighted by molar-refractivity contribution is -0.185. The van der Waals surface area contributed by atoms with Gasteiger partial charge in [-0.05, 0) is 61.7 Å². The number of hydrogen-bond donors (Lipinski definition) is 0. The van der Waals surface area contributed by atoms with E-state index in [4.69, 9.17) is 4.74 Å². The number of carbonyl (C=O) groups is 3. The summed E-state index contributed by atoms with van der Waals surface area (Å²) < 4.78 is 5.49. The molecule has 0 spiro atoms. The second-order valence-electron chi connectivity index (χ2n) is 10.1. The lowest BCUT2D eigenvalue weighted by atomic mass is 9.39. The summed E-state index contributed by atoms with van der Waals surface area (Å²) in [5.74, 6) is 1.37. The number of Topliss-reactive ketones (excluding diaryl/α,β-unsaturated/α-hetero) is 2. The number of esters is 1. The molecule has 4 saturated carbocycles. The maximum absolute atomic E-state index is 13.4. The highest BCUT2D eigenvalue weighted by Gasteiger charge is 2.68. The molecule has 4 heteroatoms. The second kappa shape index (κ2) is 5.65. The van der Waals surface area contributed by atoms with E-state index >= 15 is 0 Å². The van der Waals surface area contributed by atoms with E-state index in [9.17, 15) is 14.4 Å². The summed E-state index contributed by atoms with van der Waals surface area (Å²) in [6.45, 7) is 8.14. The molecule has 4 aliphatic carbocycles. The first-order valence-corrected chi connectivity index (χ1v) is 10.4. The number of rotatable bonds is 1. The van der Waals surface area contributed by atoms with Gasteiger partial charge in [-0.3, -0.25) is 14.4 Å². The molecular formula is C22H32O4. The van der Waals surface area contributed by atoms with Crippen LogP contribution in [0.2, 0.25) is 0 Å². The maximum atomic E-state index is 13.4. The summed E-state index contributed by atoms with van der Waals surface area (Å²) in [7, 11) is 0. The van der Waals surface area contributed by atoms with Crippen molar-refractivity contribution in [1.29, 1.82) is 0 Å². The molecule has 0 saturated heterocycles. The predicted molar refractivity (Wildman–Crippen MR) is 97.3 cm³/mol. The van der Waals surface area contributed by atoms with Crippen LogP contribution in [0.1, 0.15) is 79.1 Å². The van der Waals surface area contributed by atoms with E-state index in [2.05, 4.69) is 20.8 Å². The summed E-state index contributed by atoms with van der Waals surface area (Å²) in [6.07, 6.45) is 6.71. The third-order valence-electron chi connectivity index (χ3n) is 9.11. The van der Waals surface area contributed by atoms with Gasteiger partial charge < -0.3 is 4.74 Å². The van der Waals surface area contributed by atoms with Crippen molar-refractivity contribution in [2.75, 3.05) is 0 Å². The van der Waals surface area contributed by atoms with Crippen LogP contribution in [0, 0.1) is 34.0 Å². The first kappa shape index (κ1) is 18.2. The van der Waals surface area contributed by atoms with Gasteiger partial charge in [-0.2, -0.15) is 0 Å². The van der Waals surface area contributed by atoms with E-state index in [-0.39, 0.29) is 34.2 Å². The van der Waals surface area contributed by atoms with Crippen molar-refractivity contribution in [3.8, 4) is 0 Å². The van der Waals surface area contributed by atoms with Gasteiger partial charge in [0.05, 0.1) is 0 Å². The van der Waals surface area contributed by atoms with Crippen molar-refractivity contribution in [2.45, 2.75) is 85.2 Å². The molecule has 7 atom stereocenters. The van der Waals surface area contributed by atoms with Gasteiger partial charge in [-0.1, -0.05) is 20.8 Å². The van der Waals surface area contributed by atoms with Crippen LogP contribution in [0.15, 0.2) is 0 Å². The molecule has 0 aromatic rings. The van der Waals surface area contributed by atoms with Crippen molar-refractivity contribution < 1.29 is 19.1 Å². The van der Waals surface area contributed by atoms with Crippen LogP contribution in [0.3, 0.4) is 0 Å². The van der Waals surface area contributed by atoms with Crippen molar-refractivity contribution >= 4 is 17.5 Å². The van der Waals surface area contributed by atoms with Gasteiger partial charge in [0.1, 0.15) is 17.7 Å². The van der Waals surface area contributed by atoms with Crippen molar-refractivity contribution in [3.05, 3.63) is 0 Å². The molecule has 0 unspecified atom stereocenters. The fourth-order valence-electron chi connectivity index (χ4n) is 7.68. The van der Waals surface area contributed by atoms with Crippen LogP contribution in [0.25, 0.3) is 0 Å². The minimum Gasteiger partial charge on any atom is -0.463 e. The number of ether oxygens (including phenoxy) is 1. The van der Waals surface area contributed by atoms with E-state index in [0.717, 1.165) is 38.5 Å². The minimum atomic E-state index is -0.362. The third kappa shape index (κ3) is 2.23. The zero-order chi connectivity index (χ0) is 18.9. The second-order valence-corrected chi connectivity index (χ2v) is 10.1. The first-order chi connectivity index (χ1) is 12.1. The SMILES string of the molecule is CC(=O)O[C@H]1CC[C@@]2(C)[C@@H](CC(=O)[C@]3(C)[C@@H]2CC[C@]2(C)C(=O)CC[C@@H]32)C1. The van der Waals surface area contributed by atoms with Gasteiger partial charge in [0.2, 0.25) is 0 Å². The van der Waals surface area contributed by atoms with E-state index < -0.39 is 0 Å². The number of fused-ring (bicyclic) bond motifs is 5. The maximum Gasteiger partial charge on any atom is 0.302 e. The largest absolute Gasteiger partial charge is 0.463 e. The molecule has 0 bridgehead atoms. The molecule has 0 aromatic carbocycles. The Morgan fingerprint density at radius 2 is 1.73 bits per heavy atom. The molecule has 0 radical (unpaired) electrons. The Morgan fingerprint density at radius 1 is 1.00 bits per heavy atom. The van der Waals surface area contributed by atoms with Gasteiger partial charge in [-0.25, -0.2) is 0 Å². The zero-order valence-electron chi connectivity index (χ0n) is 16.6. The molecule has 4 nitrogen and oxygen atoms in total. The molecular weight excluding hydrogens is 328 g/mol. The van der Waals surface area contributed by atoms with Gasteiger partial charge in [-0.15, -0.1) is 0 Å². The molecule has 4 aliphatic rings. The quantitative estimate of drug-likeness (QED) is 0.661. The fraction of sp³-hybridized carbons (Fsp3) is 0.864. The van der Waals surface area contributed by atoms with Gasteiger partial charge >= 0.3 is 5.97 Å². The molecule has 0 heterocycles. The van der Waals surface area contributed by atoms with Crippen LogP contribution in [-0.2, 0) is 19.1 Å². The van der Waals surface area contributed by atoms with E-state index in [0.29, 0.717) is 36.2 Å². The average Bonchev–Trinajstić information content (AvgIpc) is 2.86. The van der Waals surface area contributed by atoms with E-state index in [1.165, 1.54) is 6.92 Å². The average molecular weight is 360 g/mol. The smallest absolute Gasteiger partial charge is 0.302 e. The lowest BCUT2D eigenvalue weighted by Gasteiger charge is -2.63. The number of hydrogen-bond acceptors (Lipinski definition) is 4. The first-order valence-electron chi connectivity index (χ1n) is 10.4. The molecule has 0 aromatic heterocycles. The van der Waals surface area contributed by atoms with E-state index in [1.807, 2.05) is 0 Å². The Morgan fingerprint density at radius 3 is 2.42 bits per heavy atom. The minimum absolute atomic E-state index is 0.0374. The molecule has 4 fully saturated rings. The van der Waals surface area contributed by atoms with Gasteiger partial charge in [0.25, 0.3) is 0 Å². The van der Waals surface area contributed by atoms with Crippen molar-refractivity contribution in [3.63, 3.8) is 0 Å². The monoisotopic (exact) mass is 360 g/mol. The van der Waals surface area contributed by atoms with Crippen molar-refractivity contribution in [2.24, 2.45) is 34.0 Å². The normalized spacial score (nSPS) is 50.6. The topological polar surface area (TPSA) is 60.4 Å². The number of carbonyl (C=O) groups excluding carboxylic acids is 3. The third-order valence-corrected chi connectivity index (χ3v) is 9.11. The van der Waals surface area contributed by atoms with Crippen LogP contribution in [0.4, 0.5) is 0 Å². The molecule has 0 amide bonds. The molecule has 0 N–H and O–H groups in total. The van der Waals surface area contributed by atoms with Gasteiger partial charge in [0, 0.05) is 30.6 Å². The Balaban J connectivity index is 1.67. The highest BCUT2D eigenvalue weighted by atomic mass is 16.5. The standard InChI is InChI=1S/C22H32O4/c1-13(23)26-15-7-9-20(2)14(11-15)12-19(25)22(4)16-5-6-18(24)21(16,3)10-8-17(20)22/h14-17H,5-12H2,1-4H3/t14-,15+,16-,17-,20+,21+,22+/m1/s1. The molecule has 4 rings (SSSR count). The van der Waals surface area contributed by atoms with Crippen LogP contribution >= 0.6 is 0 Å². The number of ketones is 2. The summed E-state index contributed by atoms with van der Waals surface area (Å²) in [5.41, 5.74) is -0.538. The summed E-state index contributed by atoms with van der Waals surface area (Å²) in [4.78, 5) is 37.4. The summed E-state index contributed by atoms with van der Waals surface area (Å²) in [5, 5.41) is 0. The summed E-state index contributed by atoms with van der Waals surface area (Å²) in [6, 6.07) is 0. The molecule has 0 aliphatic heterocycles. The molecule has 26 heavy (non-hydrogen) atoms. The highest BCUT2D eigenvalue weighted by molar-refractivity contribution is 5.92. The van der Waals surface area contributed by atoms with Crippen LogP contribution in [-0.4, -0.2) is 23.6 Å². The Bertz CT molecular complexity index is 669. The summed E-state index contributed by atoms with van der Waals surface area (Å²) >= 11 is 0. The van der Waals surface area contributed by atoms with E-state index in [1.54, 1.807) is 0 Å².